The van der Waals surface area contributed by atoms with Crippen molar-refractivity contribution in [3.8, 4) is 0 Å². The molecule has 1 saturated carbocycles. The molecule has 116 valence electrons. The Morgan fingerprint density at radius 2 is 1.95 bits per heavy atom. The van der Waals surface area contributed by atoms with Gasteiger partial charge < -0.3 is 10.6 Å². The topological polar surface area (TPSA) is 39.7 Å². The van der Waals surface area contributed by atoms with Gasteiger partial charge in [-0.3, -0.25) is 4.90 Å². The summed E-state index contributed by atoms with van der Waals surface area (Å²) in [5, 5.41) is 6.75. The van der Waals surface area contributed by atoms with Gasteiger partial charge in [-0.2, -0.15) is 0 Å². The van der Waals surface area contributed by atoms with Crippen LogP contribution >= 0.6 is 0 Å². The first kappa shape index (κ1) is 15.8. The van der Waals surface area contributed by atoms with Gasteiger partial charge in [0.1, 0.15) is 0 Å². The Hall–Kier alpha value is -1.55. The van der Waals surface area contributed by atoms with Crippen molar-refractivity contribution in [2.75, 3.05) is 26.2 Å². The zero-order chi connectivity index (χ0) is 14.9. The Kier molecular flexibility index (Phi) is 6.54. The van der Waals surface area contributed by atoms with Crippen LogP contribution in [-0.2, 0) is 6.54 Å². The highest BCUT2D eigenvalue weighted by Crippen LogP contribution is 2.25. The van der Waals surface area contributed by atoms with Gasteiger partial charge in [-0.25, -0.2) is 4.99 Å². The van der Waals surface area contributed by atoms with Crippen molar-refractivity contribution in [1.82, 2.24) is 15.5 Å². The maximum Gasteiger partial charge on any atom is 0.191 e. The fourth-order valence-corrected chi connectivity index (χ4v) is 2.45. The molecular formula is C17H28N4. The third-order valence-electron chi connectivity index (χ3n) is 3.77. The first-order chi connectivity index (χ1) is 10.3. The number of guanidine groups is 1. The minimum Gasteiger partial charge on any atom is -0.357 e. The van der Waals surface area contributed by atoms with Gasteiger partial charge in [0.2, 0.25) is 0 Å². The quantitative estimate of drug-likeness (QED) is 0.569. The van der Waals surface area contributed by atoms with Crippen LogP contribution in [0.25, 0.3) is 0 Å². The van der Waals surface area contributed by atoms with E-state index in [1.165, 1.54) is 18.4 Å². The van der Waals surface area contributed by atoms with Crippen LogP contribution in [0.1, 0.15) is 32.3 Å². The third-order valence-corrected chi connectivity index (χ3v) is 3.77. The van der Waals surface area contributed by atoms with Gasteiger partial charge >= 0.3 is 0 Å². The van der Waals surface area contributed by atoms with Crippen LogP contribution in [0.5, 0.6) is 0 Å². The molecule has 2 rings (SSSR count). The van der Waals surface area contributed by atoms with Crippen molar-refractivity contribution in [2.45, 2.75) is 39.3 Å². The molecule has 0 unspecified atom stereocenters. The minimum atomic E-state index is 0.719. The van der Waals surface area contributed by atoms with Crippen LogP contribution in [0.15, 0.2) is 35.3 Å². The molecule has 0 aromatic heterocycles. The van der Waals surface area contributed by atoms with Gasteiger partial charge in [0.25, 0.3) is 0 Å². The lowest BCUT2D eigenvalue weighted by Gasteiger charge is -2.20. The molecule has 21 heavy (non-hydrogen) atoms. The Balaban J connectivity index is 1.77. The monoisotopic (exact) mass is 288 g/mol. The molecule has 0 spiro atoms. The average Bonchev–Trinajstić information content (AvgIpc) is 3.35. The molecule has 4 nitrogen and oxygen atoms in total. The molecule has 0 amide bonds. The average molecular weight is 288 g/mol. The van der Waals surface area contributed by atoms with Crippen molar-refractivity contribution in [3.63, 3.8) is 0 Å². The molecule has 2 N–H and O–H groups in total. The van der Waals surface area contributed by atoms with E-state index in [0.29, 0.717) is 0 Å². The molecule has 0 radical (unpaired) electrons. The van der Waals surface area contributed by atoms with Crippen LogP contribution in [0.4, 0.5) is 0 Å². The van der Waals surface area contributed by atoms with E-state index in [1.807, 2.05) is 6.07 Å². The summed E-state index contributed by atoms with van der Waals surface area (Å²) in [6, 6.07) is 11.2. The SMILES string of the molecule is CCNC(=NCc1ccccc1)NCCN(CC)C1CC1. The third kappa shape index (κ3) is 5.76. The summed E-state index contributed by atoms with van der Waals surface area (Å²) in [5.41, 5.74) is 1.24. The standard InChI is InChI=1S/C17H28N4/c1-3-18-17(20-14-15-8-6-5-7-9-15)19-12-13-21(4-2)16-10-11-16/h5-9,16H,3-4,10-14H2,1-2H3,(H2,18,19,20). The van der Waals surface area contributed by atoms with E-state index < -0.39 is 0 Å². The van der Waals surface area contributed by atoms with Crippen LogP contribution < -0.4 is 10.6 Å². The van der Waals surface area contributed by atoms with Crippen molar-refractivity contribution >= 4 is 5.96 Å². The summed E-state index contributed by atoms with van der Waals surface area (Å²) < 4.78 is 0. The van der Waals surface area contributed by atoms with Crippen molar-refractivity contribution < 1.29 is 0 Å². The van der Waals surface area contributed by atoms with Crippen LogP contribution in [-0.4, -0.2) is 43.1 Å². The first-order valence-electron chi connectivity index (χ1n) is 8.13. The predicted molar refractivity (Wildman–Crippen MR) is 89.5 cm³/mol. The number of nitrogens with one attached hydrogen (secondary N) is 2. The number of rotatable bonds is 8. The van der Waals surface area contributed by atoms with Crippen LogP contribution in [0.3, 0.4) is 0 Å². The molecule has 1 aromatic carbocycles. The summed E-state index contributed by atoms with van der Waals surface area (Å²) in [4.78, 5) is 7.19. The lowest BCUT2D eigenvalue weighted by Crippen LogP contribution is -2.42. The zero-order valence-electron chi connectivity index (χ0n) is 13.3. The normalized spacial score (nSPS) is 15.3. The molecule has 0 atom stereocenters. The van der Waals surface area contributed by atoms with Crippen molar-refractivity contribution in [1.29, 1.82) is 0 Å². The van der Waals surface area contributed by atoms with Crippen LogP contribution in [0.2, 0.25) is 0 Å². The van der Waals surface area contributed by atoms with Gasteiger partial charge in [0, 0.05) is 25.7 Å². The number of hydrogen-bond acceptors (Lipinski definition) is 2. The lowest BCUT2D eigenvalue weighted by atomic mass is 10.2. The van der Waals surface area contributed by atoms with E-state index in [2.05, 4.69) is 58.6 Å². The van der Waals surface area contributed by atoms with E-state index in [9.17, 15) is 0 Å². The summed E-state index contributed by atoms with van der Waals surface area (Å²) in [7, 11) is 0. The maximum atomic E-state index is 4.64. The fraction of sp³-hybridized carbons (Fsp3) is 0.588. The highest BCUT2D eigenvalue weighted by atomic mass is 15.2. The van der Waals surface area contributed by atoms with Crippen molar-refractivity contribution in [3.05, 3.63) is 35.9 Å². The molecule has 0 heterocycles. The Morgan fingerprint density at radius 1 is 1.19 bits per heavy atom. The maximum absolute atomic E-state index is 4.64. The summed E-state index contributed by atoms with van der Waals surface area (Å²) in [6.07, 6.45) is 2.74. The molecule has 1 aromatic rings. The lowest BCUT2D eigenvalue weighted by molar-refractivity contribution is 0.282. The highest BCUT2D eigenvalue weighted by Gasteiger charge is 2.27. The second-order valence-corrected chi connectivity index (χ2v) is 5.47. The molecule has 0 aliphatic heterocycles. The molecule has 4 heteroatoms. The molecular weight excluding hydrogens is 260 g/mol. The summed E-state index contributed by atoms with van der Waals surface area (Å²) in [6.45, 7) is 9.14. The predicted octanol–water partition coefficient (Wildman–Crippen LogP) is 2.23. The number of nitrogens with zero attached hydrogens (tertiary/aromatic N) is 2. The highest BCUT2D eigenvalue weighted by molar-refractivity contribution is 5.79. The van der Waals surface area contributed by atoms with E-state index in [4.69, 9.17) is 0 Å². The molecule has 1 aliphatic carbocycles. The van der Waals surface area contributed by atoms with E-state index >= 15 is 0 Å². The Bertz CT molecular complexity index is 426. The van der Waals surface area contributed by atoms with Gasteiger partial charge in [0.05, 0.1) is 6.54 Å². The van der Waals surface area contributed by atoms with Gasteiger partial charge in [-0.1, -0.05) is 37.3 Å². The molecule has 0 bridgehead atoms. The second-order valence-electron chi connectivity index (χ2n) is 5.47. The number of likely N-dealkylation sites (N-methyl/N-ethyl adjacent to an activating group) is 1. The van der Waals surface area contributed by atoms with Crippen molar-refractivity contribution in [2.24, 2.45) is 4.99 Å². The summed E-state index contributed by atoms with van der Waals surface area (Å²) in [5.74, 6) is 0.910. The number of benzene rings is 1. The van der Waals surface area contributed by atoms with Gasteiger partial charge in [-0.15, -0.1) is 0 Å². The molecule has 0 saturated heterocycles. The number of hydrogen-bond donors (Lipinski definition) is 2. The molecule has 1 fully saturated rings. The zero-order valence-corrected chi connectivity index (χ0v) is 13.3. The largest absolute Gasteiger partial charge is 0.357 e. The molecule has 1 aliphatic rings. The van der Waals surface area contributed by atoms with E-state index in [1.54, 1.807) is 0 Å². The second kappa shape index (κ2) is 8.67. The van der Waals surface area contributed by atoms with Crippen LogP contribution in [0, 0.1) is 0 Å². The van der Waals surface area contributed by atoms with Gasteiger partial charge in [-0.05, 0) is 31.9 Å². The fourth-order valence-electron chi connectivity index (χ4n) is 2.45. The summed E-state index contributed by atoms with van der Waals surface area (Å²) >= 11 is 0. The first-order valence-corrected chi connectivity index (χ1v) is 8.13. The van der Waals surface area contributed by atoms with Gasteiger partial charge in [0.15, 0.2) is 5.96 Å². The number of aliphatic imine (C=N–C) groups is 1. The Labute approximate surface area is 128 Å². The van der Waals surface area contributed by atoms with E-state index in [0.717, 1.165) is 44.7 Å². The smallest absolute Gasteiger partial charge is 0.191 e. The van der Waals surface area contributed by atoms with E-state index in [-0.39, 0.29) is 0 Å². The Morgan fingerprint density at radius 3 is 2.57 bits per heavy atom. The minimum absolute atomic E-state index is 0.719.